The fourth-order valence-electron chi connectivity index (χ4n) is 3.86. The number of nitrogens with zero attached hydrogens (tertiary/aromatic N) is 1. The van der Waals surface area contributed by atoms with Crippen LogP contribution in [0.1, 0.15) is 102 Å². The summed E-state index contributed by atoms with van der Waals surface area (Å²) in [6.45, 7) is 1.33. The van der Waals surface area contributed by atoms with Crippen molar-refractivity contribution < 1.29 is 16.9 Å². The van der Waals surface area contributed by atoms with E-state index < -0.39 is 0 Å². The molecule has 0 aliphatic carbocycles. The Morgan fingerprint density at radius 2 is 0.857 bits per heavy atom. The Kier molecular flexibility index (Phi) is 18.1. The normalized spacial score (nSPS) is 11.4. The van der Waals surface area contributed by atoms with Crippen molar-refractivity contribution in [2.24, 2.45) is 0 Å². The van der Waals surface area contributed by atoms with E-state index in [9.17, 15) is 0 Å². The molecule has 0 fully saturated rings. The molecule has 2 heteroatoms. The van der Waals surface area contributed by atoms with Crippen LogP contribution in [0.4, 0.5) is 0 Å². The van der Waals surface area contributed by atoms with Gasteiger partial charge in [0.15, 0.2) is 0 Å². The molecule has 0 atom stereocenters. The lowest BCUT2D eigenvalue weighted by Gasteiger charge is -2.23. The minimum Gasteiger partial charge on any atom is -1.00 e. The van der Waals surface area contributed by atoms with Crippen LogP contribution in [0.25, 0.3) is 0 Å². The molecule has 0 aliphatic heterocycles. The second-order valence-corrected chi connectivity index (χ2v) is 9.55. The van der Waals surface area contributed by atoms with Crippen LogP contribution >= 0.6 is 0 Å². The van der Waals surface area contributed by atoms with Gasteiger partial charge in [0.2, 0.25) is 0 Å². The van der Waals surface area contributed by atoms with Gasteiger partial charge in [-0.1, -0.05) is 107 Å². The minimum absolute atomic E-state index is 0. The van der Waals surface area contributed by atoms with Gasteiger partial charge in [0, 0.05) is 0 Å². The van der Waals surface area contributed by atoms with Crippen molar-refractivity contribution in [2.45, 2.75) is 103 Å². The number of hydrogen-bond donors (Lipinski definition) is 0. The Morgan fingerprint density at radius 1 is 0.500 bits per heavy atom. The summed E-state index contributed by atoms with van der Waals surface area (Å²) in [5.74, 6) is 0. The lowest BCUT2D eigenvalue weighted by Crippen LogP contribution is -3.00. The summed E-state index contributed by atoms with van der Waals surface area (Å²) >= 11 is 0. The van der Waals surface area contributed by atoms with Crippen LogP contribution in [0.3, 0.4) is 0 Å². The maximum Gasteiger partial charge on any atom is 0.0780 e. The van der Waals surface area contributed by atoms with Crippen LogP contribution in [0, 0.1) is 0 Å². The second-order valence-electron chi connectivity index (χ2n) is 9.55. The molecule has 0 radical (unpaired) electrons. The summed E-state index contributed by atoms with van der Waals surface area (Å²) < 4.78 is 1.12. The zero-order valence-electron chi connectivity index (χ0n) is 19.2. The Hall–Kier alpha value is -0.530. The highest BCUT2D eigenvalue weighted by molar-refractivity contribution is 5.14. The van der Waals surface area contributed by atoms with Gasteiger partial charge in [-0.25, -0.2) is 0 Å². The highest BCUT2D eigenvalue weighted by Gasteiger charge is 2.04. The number of hydrogen-bond acceptors (Lipinski definition) is 0. The van der Waals surface area contributed by atoms with Crippen molar-refractivity contribution >= 4 is 0 Å². The first-order chi connectivity index (χ1) is 13.1. The van der Waals surface area contributed by atoms with E-state index in [0.29, 0.717) is 0 Å². The van der Waals surface area contributed by atoms with Gasteiger partial charge in [-0.2, -0.15) is 0 Å². The molecule has 0 heterocycles. The number of halogens is 1. The Bertz CT molecular complexity index is 424. The summed E-state index contributed by atoms with van der Waals surface area (Å²) in [7, 11) is 6.89. The van der Waals surface area contributed by atoms with Gasteiger partial charge in [-0.15, -0.1) is 0 Å². The van der Waals surface area contributed by atoms with Crippen molar-refractivity contribution in [3.05, 3.63) is 35.9 Å². The average Bonchev–Trinajstić information content (AvgIpc) is 2.64. The molecule has 0 saturated heterocycles. The van der Waals surface area contributed by atoms with Gasteiger partial charge in [0.25, 0.3) is 0 Å². The number of unbranched alkanes of at least 4 members (excludes halogenated alkanes) is 14. The Balaban J connectivity index is 0.00000729. The first-order valence-electron chi connectivity index (χ1n) is 11.9. The lowest BCUT2D eigenvalue weighted by atomic mass is 10.0. The van der Waals surface area contributed by atoms with Gasteiger partial charge in [0.05, 0.1) is 27.7 Å². The molecule has 0 bridgehead atoms. The van der Waals surface area contributed by atoms with E-state index in [0.717, 1.165) is 4.48 Å². The molecule has 1 aromatic rings. The third-order valence-electron chi connectivity index (χ3n) is 5.64. The molecule has 164 valence electrons. The SMILES string of the molecule is C[N+](C)(C)CCCCCCCCCCCCCCCCCc1ccccc1.[Cl-]. The smallest absolute Gasteiger partial charge is 0.0780 e. The zero-order chi connectivity index (χ0) is 19.6. The minimum atomic E-state index is 0. The topological polar surface area (TPSA) is 0 Å². The maximum absolute atomic E-state index is 2.30. The first-order valence-corrected chi connectivity index (χ1v) is 11.9. The van der Waals surface area contributed by atoms with Gasteiger partial charge < -0.3 is 16.9 Å². The Labute approximate surface area is 183 Å². The highest BCUT2D eigenvalue weighted by Crippen LogP contribution is 2.14. The maximum atomic E-state index is 2.30. The monoisotopic (exact) mass is 409 g/mol. The molecule has 1 nitrogen and oxygen atoms in total. The highest BCUT2D eigenvalue weighted by atomic mass is 35.5. The number of rotatable bonds is 18. The summed E-state index contributed by atoms with van der Waals surface area (Å²) in [5, 5.41) is 0. The van der Waals surface area contributed by atoms with Crippen LogP contribution < -0.4 is 12.4 Å². The van der Waals surface area contributed by atoms with Gasteiger partial charge >= 0.3 is 0 Å². The molecule has 0 saturated carbocycles. The van der Waals surface area contributed by atoms with Crippen LogP contribution in [0.2, 0.25) is 0 Å². The van der Waals surface area contributed by atoms with E-state index in [1.807, 2.05) is 0 Å². The Morgan fingerprint density at radius 3 is 1.25 bits per heavy atom. The quantitative estimate of drug-likeness (QED) is 0.241. The van der Waals surface area contributed by atoms with Crippen LogP contribution in [0.5, 0.6) is 0 Å². The predicted octanol–water partition coefficient (Wildman–Crippen LogP) is 4.79. The standard InChI is InChI=1S/C26H48N.ClH/c1-27(2,3)25-21-16-14-12-10-8-6-4-5-7-9-11-13-15-18-22-26-23-19-17-20-24-26;/h17,19-20,23-24H,4-16,18,21-22,25H2,1-3H3;1H/q+1;/p-1. The molecule has 0 aliphatic rings. The molecule has 1 aromatic carbocycles. The van der Waals surface area contributed by atoms with Gasteiger partial charge in [0.1, 0.15) is 0 Å². The largest absolute Gasteiger partial charge is 1.00 e. The molecule has 0 spiro atoms. The van der Waals surface area contributed by atoms with Crippen molar-refractivity contribution in [3.8, 4) is 0 Å². The molecule has 28 heavy (non-hydrogen) atoms. The van der Waals surface area contributed by atoms with Gasteiger partial charge in [-0.05, 0) is 31.2 Å². The number of benzene rings is 1. The fraction of sp³-hybridized carbons (Fsp3) is 0.769. The second kappa shape index (κ2) is 18.5. The molecule has 0 aromatic heterocycles. The molecular weight excluding hydrogens is 362 g/mol. The van der Waals surface area contributed by atoms with Crippen LogP contribution in [0.15, 0.2) is 30.3 Å². The van der Waals surface area contributed by atoms with E-state index in [4.69, 9.17) is 0 Å². The summed E-state index contributed by atoms with van der Waals surface area (Å²) in [6.07, 6.45) is 22.9. The lowest BCUT2D eigenvalue weighted by molar-refractivity contribution is -0.870. The van der Waals surface area contributed by atoms with Crippen molar-refractivity contribution in [3.63, 3.8) is 0 Å². The van der Waals surface area contributed by atoms with E-state index >= 15 is 0 Å². The first kappa shape index (κ1) is 27.5. The summed E-state index contributed by atoms with van der Waals surface area (Å²) in [5.41, 5.74) is 1.50. The van der Waals surface area contributed by atoms with E-state index in [1.165, 1.54) is 115 Å². The van der Waals surface area contributed by atoms with Crippen molar-refractivity contribution in [1.29, 1.82) is 0 Å². The zero-order valence-corrected chi connectivity index (χ0v) is 20.0. The number of aryl methyl sites for hydroxylation is 1. The summed E-state index contributed by atoms with van der Waals surface area (Å²) in [4.78, 5) is 0. The molecule has 1 rings (SSSR count). The number of quaternary nitrogens is 1. The van der Waals surface area contributed by atoms with Crippen molar-refractivity contribution in [1.82, 2.24) is 0 Å². The van der Waals surface area contributed by atoms with Gasteiger partial charge in [-0.3, -0.25) is 0 Å². The van der Waals surface area contributed by atoms with E-state index in [1.54, 1.807) is 0 Å². The van der Waals surface area contributed by atoms with Crippen LogP contribution in [-0.2, 0) is 6.42 Å². The van der Waals surface area contributed by atoms with E-state index in [2.05, 4.69) is 51.5 Å². The third kappa shape index (κ3) is 18.8. The molecule has 0 amide bonds. The predicted molar refractivity (Wildman–Crippen MR) is 122 cm³/mol. The molecular formula is C26H48ClN. The van der Waals surface area contributed by atoms with Crippen molar-refractivity contribution in [2.75, 3.05) is 27.7 Å². The molecule has 0 N–H and O–H groups in total. The van der Waals surface area contributed by atoms with E-state index in [-0.39, 0.29) is 12.4 Å². The fourth-order valence-corrected chi connectivity index (χ4v) is 3.86. The summed E-state index contributed by atoms with van der Waals surface area (Å²) in [6, 6.07) is 10.9. The third-order valence-corrected chi connectivity index (χ3v) is 5.64. The van der Waals surface area contributed by atoms with Crippen LogP contribution in [-0.4, -0.2) is 32.2 Å². The molecule has 0 unspecified atom stereocenters. The average molecular weight is 410 g/mol.